The number of esters is 2. The van der Waals surface area contributed by atoms with Crippen molar-refractivity contribution in [1.82, 2.24) is 0 Å². The Kier molecular flexibility index (Phi) is 5.85. The third-order valence-electron chi connectivity index (χ3n) is 2.64. The van der Waals surface area contributed by atoms with Crippen molar-refractivity contribution in [3.05, 3.63) is 29.8 Å². The van der Waals surface area contributed by atoms with Gasteiger partial charge in [0.25, 0.3) is 0 Å². The molecule has 19 heavy (non-hydrogen) atoms. The molecule has 0 aromatic heterocycles. The molecule has 5 nitrogen and oxygen atoms in total. The van der Waals surface area contributed by atoms with Crippen LogP contribution in [0.2, 0.25) is 0 Å². The van der Waals surface area contributed by atoms with Crippen LogP contribution in [0.5, 0.6) is 5.75 Å². The van der Waals surface area contributed by atoms with E-state index < -0.39 is 17.9 Å². The minimum absolute atomic E-state index is 0.0167. The van der Waals surface area contributed by atoms with Crippen molar-refractivity contribution >= 4 is 11.9 Å². The van der Waals surface area contributed by atoms with Gasteiger partial charge in [0.1, 0.15) is 12.4 Å². The molecule has 104 valence electrons. The Morgan fingerprint density at radius 2 is 1.79 bits per heavy atom. The Balaban J connectivity index is 2.39. The first kappa shape index (κ1) is 15.0. The van der Waals surface area contributed by atoms with Gasteiger partial charge in [0, 0.05) is 0 Å². The highest BCUT2D eigenvalue weighted by Gasteiger charge is 2.18. The molecule has 0 aliphatic rings. The van der Waals surface area contributed by atoms with Crippen LogP contribution in [-0.2, 0) is 25.7 Å². The largest absolute Gasteiger partial charge is 0.497 e. The second-order valence-electron chi connectivity index (χ2n) is 4.14. The van der Waals surface area contributed by atoms with Crippen LogP contribution in [0.15, 0.2) is 24.3 Å². The summed E-state index contributed by atoms with van der Waals surface area (Å²) in [5.41, 5.74) is 0.861. The lowest BCUT2D eigenvalue weighted by atomic mass is 10.1. The van der Waals surface area contributed by atoms with E-state index in [9.17, 15) is 9.59 Å². The molecule has 0 saturated heterocycles. The summed E-state index contributed by atoms with van der Waals surface area (Å²) in [7, 11) is 2.88. The molecule has 1 unspecified atom stereocenters. The molecule has 0 aliphatic heterocycles. The molecule has 1 rings (SSSR count). The van der Waals surface area contributed by atoms with E-state index in [1.54, 1.807) is 26.2 Å². The highest BCUT2D eigenvalue weighted by Crippen LogP contribution is 2.13. The SMILES string of the molecule is COC(=O)C(C)CC(=O)OCc1ccc(OC)cc1. The fourth-order valence-corrected chi connectivity index (χ4v) is 1.48. The third-order valence-corrected chi connectivity index (χ3v) is 2.64. The molecule has 1 aromatic carbocycles. The van der Waals surface area contributed by atoms with E-state index in [1.807, 2.05) is 12.1 Å². The molecule has 5 heteroatoms. The maximum Gasteiger partial charge on any atom is 0.308 e. The number of methoxy groups -OCH3 is 2. The van der Waals surface area contributed by atoms with Gasteiger partial charge in [-0.05, 0) is 17.7 Å². The number of ether oxygens (including phenoxy) is 3. The molecule has 0 aliphatic carbocycles. The van der Waals surface area contributed by atoms with Crippen LogP contribution in [0, 0.1) is 5.92 Å². The van der Waals surface area contributed by atoms with Gasteiger partial charge in [-0.25, -0.2) is 0 Å². The van der Waals surface area contributed by atoms with Crippen molar-refractivity contribution in [3.63, 3.8) is 0 Å². The van der Waals surface area contributed by atoms with Gasteiger partial charge in [-0.2, -0.15) is 0 Å². The first-order valence-corrected chi connectivity index (χ1v) is 5.93. The molecule has 0 saturated carbocycles. The number of carbonyl (C=O) groups excluding carboxylic acids is 2. The van der Waals surface area contributed by atoms with Gasteiger partial charge in [-0.15, -0.1) is 0 Å². The van der Waals surface area contributed by atoms with Gasteiger partial charge in [0.05, 0.1) is 26.6 Å². The van der Waals surface area contributed by atoms with Gasteiger partial charge in [0.15, 0.2) is 0 Å². The van der Waals surface area contributed by atoms with E-state index in [1.165, 1.54) is 7.11 Å². The van der Waals surface area contributed by atoms with E-state index in [4.69, 9.17) is 9.47 Å². The Morgan fingerprint density at radius 3 is 2.32 bits per heavy atom. The van der Waals surface area contributed by atoms with Crippen LogP contribution >= 0.6 is 0 Å². The van der Waals surface area contributed by atoms with E-state index in [0.717, 1.165) is 11.3 Å². The van der Waals surface area contributed by atoms with E-state index >= 15 is 0 Å². The van der Waals surface area contributed by atoms with Crippen molar-refractivity contribution in [1.29, 1.82) is 0 Å². The molecular formula is C14H18O5. The number of carbonyl (C=O) groups is 2. The molecule has 0 spiro atoms. The predicted molar refractivity (Wildman–Crippen MR) is 68.6 cm³/mol. The Labute approximate surface area is 112 Å². The van der Waals surface area contributed by atoms with Gasteiger partial charge in [-0.3, -0.25) is 9.59 Å². The highest BCUT2D eigenvalue weighted by molar-refractivity contribution is 5.79. The van der Waals surface area contributed by atoms with E-state index in [-0.39, 0.29) is 13.0 Å². The maximum atomic E-state index is 11.5. The van der Waals surface area contributed by atoms with Gasteiger partial charge in [0.2, 0.25) is 0 Å². The van der Waals surface area contributed by atoms with Crippen LogP contribution in [-0.4, -0.2) is 26.2 Å². The first-order valence-electron chi connectivity index (χ1n) is 5.93. The monoisotopic (exact) mass is 266 g/mol. The van der Waals surface area contributed by atoms with Crippen molar-refractivity contribution < 1.29 is 23.8 Å². The molecule has 0 amide bonds. The summed E-state index contributed by atoms with van der Waals surface area (Å²) in [4.78, 5) is 22.7. The van der Waals surface area contributed by atoms with E-state index in [2.05, 4.69) is 4.74 Å². The summed E-state index contributed by atoms with van der Waals surface area (Å²) in [6, 6.07) is 7.21. The number of benzene rings is 1. The van der Waals surface area contributed by atoms with Crippen molar-refractivity contribution in [3.8, 4) is 5.75 Å². The second kappa shape index (κ2) is 7.41. The summed E-state index contributed by atoms with van der Waals surface area (Å²) in [6.07, 6.45) is 0.0167. The lowest BCUT2D eigenvalue weighted by Gasteiger charge is -2.09. The molecular weight excluding hydrogens is 248 g/mol. The highest BCUT2D eigenvalue weighted by atomic mass is 16.5. The summed E-state index contributed by atoms with van der Waals surface area (Å²) < 4.78 is 14.6. The molecule has 0 fully saturated rings. The van der Waals surface area contributed by atoms with Crippen molar-refractivity contribution in [2.75, 3.05) is 14.2 Å². The summed E-state index contributed by atoms with van der Waals surface area (Å²) in [6.45, 7) is 1.80. The molecule has 0 heterocycles. The minimum Gasteiger partial charge on any atom is -0.497 e. The zero-order valence-electron chi connectivity index (χ0n) is 11.3. The van der Waals surface area contributed by atoms with Crippen molar-refractivity contribution in [2.45, 2.75) is 20.0 Å². The van der Waals surface area contributed by atoms with Crippen LogP contribution in [0.4, 0.5) is 0 Å². The molecule has 0 radical (unpaired) electrons. The molecule has 0 N–H and O–H groups in total. The third kappa shape index (κ3) is 4.99. The normalized spacial score (nSPS) is 11.5. The minimum atomic E-state index is -0.492. The van der Waals surface area contributed by atoms with Crippen LogP contribution in [0.25, 0.3) is 0 Å². The molecule has 1 atom stereocenters. The lowest BCUT2D eigenvalue weighted by Crippen LogP contribution is -2.18. The van der Waals surface area contributed by atoms with E-state index in [0.29, 0.717) is 0 Å². The second-order valence-corrected chi connectivity index (χ2v) is 4.14. The summed E-state index contributed by atoms with van der Waals surface area (Å²) in [5, 5.41) is 0. The molecule has 0 bridgehead atoms. The number of hydrogen-bond donors (Lipinski definition) is 0. The number of rotatable bonds is 6. The summed E-state index contributed by atoms with van der Waals surface area (Å²) >= 11 is 0. The zero-order chi connectivity index (χ0) is 14.3. The van der Waals surface area contributed by atoms with Gasteiger partial charge >= 0.3 is 11.9 Å². The Bertz CT molecular complexity index is 424. The quantitative estimate of drug-likeness (QED) is 0.736. The van der Waals surface area contributed by atoms with Gasteiger partial charge in [-0.1, -0.05) is 19.1 Å². The topological polar surface area (TPSA) is 61.8 Å². The average Bonchev–Trinajstić information content (AvgIpc) is 2.44. The van der Waals surface area contributed by atoms with Crippen LogP contribution in [0.3, 0.4) is 0 Å². The van der Waals surface area contributed by atoms with Crippen molar-refractivity contribution in [2.24, 2.45) is 5.92 Å². The summed E-state index contributed by atoms with van der Waals surface area (Å²) in [5.74, 6) is -0.585. The Hall–Kier alpha value is -2.04. The molecule has 1 aromatic rings. The fraction of sp³-hybridized carbons (Fsp3) is 0.429. The number of hydrogen-bond acceptors (Lipinski definition) is 5. The van der Waals surface area contributed by atoms with Crippen LogP contribution in [0.1, 0.15) is 18.9 Å². The predicted octanol–water partition coefficient (Wildman–Crippen LogP) is 1.94. The maximum absolute atomic E-state index is 11.5. The lowest BCUT2D eigenvalue weighted by molar-refractivity contribution is -0.153. The fourth-order valence-electron chi connectivity index (χ4n) is 1.48. The van der Waals surface area contributed by atoms with Crippen LogP contribution < -0.4 is 4.74 Å². The Morgan fingerprint density at radius 1 is 1.16 bits per heavy atom. The smallest absolute Gasteiger partial charge is 0.308 e. The van der Waals surface area contributed by atoms with Gasteiger partial charge < -0.3 is 14.2 Å². The zero-order valence-corrected chi connectivity index (χ0v) is 11.3. The average molecular weight is 266 g/mol. The standard InChI is InChI=1S/C14H18O5/c1-10(14(16)18-3)8-13(15)19-9-11-4-6-12(17-2)7-5-11/h4-7,10H,8-9H2,1-3H3. The first-order chi connectivity index (χ1) is 9.06.